The third-order valence-corrected chi connectivity index (χ3v) is 4.09. The van der Waals surface area contributed by atoms with Gasteiger partial charge in [-0.1, -0.05) is 30.3 Å². The molecule has 1 atom stereocenters. The summed E-state index contributed by atoms with van der Waals surface area (Å²) in [5.41, 5.74) is 0.407. The smallest absolute Gasteiger partial charge is 0.326 e. The van der Waals surface area contributed by atoms with Gasteiger partial charge in [-0.15, -0.1) is 0 Å². The molecule has 6 heteroatoms. The van der Waals surface area contributed by atoms with Crippen molar-refractivity contribution in [3.05, 3.63) is 35.9 Å². The lowest BCUT2D eigenvalue weighted by atomic mass is 10.1. The van der Waals surface area contributed by atoms with Crippen LogP contribution in [0.15, 0.2) is 30.3 Å². The summed E-state index contributed by atoms with van der Waals surface area (Å²) in [6.07, 6.45) is 0. The number of nitrogens with one attached hydrogen (secondary N) is 1. The Morgan fingerprint density at radius 2 is 1.76 bits per heavy atom. The molecule has 0 saturated carbocycles. The van der Waals surface area contributed by atoms with Crippen molar-refractivity contribution in [1.82, 2.24) is 4.72 Å². The summed E-state index contributed by atoms with van der Waals surface area (Å²) < 4.78 is 25.5. The first-order valence-corrected chi connectivity index (χ1v) is 6.68. The molecule has 0 aliphatic rings. The topological polar surface area (TPSA) is 83.5 Å². The molecule has 0 heterocycles. The second kappa shape index (κ2) is 5.29. The molecule has 2 N–H and O–H groups in total. The summed E-state index contributed by atoms with van der Waals surface area (Å²) in [6, 6.07) is 6.95. The molecule has 1 rings (SSSR count). The van der Waals surface area contributed by atoms with Crippen LogP contribution in [0.1, 0.15) is 25.5 Å². The number of aliphatic carboxylic acids is 1. The number of benzene rings is 1. The second-order valence-corrected chi connectivity index (χ2v) is 6.16. The summed E-state index contributed by atoms with van der Waals surface area (Å²) in [5, 5.41) is 8.37. The summed E-state index contributed by atoms with van der Waals surface area (Å²) in [5.74, 6) is -1.22. The molecule has 94 valence electrons. The van der Waals surface area contributed by atoms with E-state index < -0.39 is 27.3 Å². The number of carboxylic acid groups (broad SMARTS) is 1. The van der Waals surface area contributed by atoms with Gasteiger partial charge in [0, 0.05) is 0 Å². The van der Waals surface area contributed by atoms with E-state index in [4.69, 9.17) is 5.11 Å². The molecule has 0 aliphatic carbocycles. The fourth-order valence-corrected chi connectivity index (χ4v) is 2.04. The van der Waals surface area contributed by atoms with Gasteiger partial charge in [0.1, 0.15) is 6.04 Å². The molecule has 0 aromatic heterocycles. The number of hydrogen-bond donors (Lipinski definition) is 2. The third kappa shape index (κ3) is 3.54. The molecule has 0 fully saturated rings. The van der Waals surface area contributed by atoms with Gasteiger partial charge in [0.05, 0.1) is 5.25 Å². The number of hydrogen-bond acceptors (Lipinski definition) is 3. The molecular weight excluding hydrogens is 242 g/mol. The highest BCUT2D eigenvalue weighted by molar-refractivity contribution is 7.90. The Bertz CT molecular complexity index is 481. The Morgan fingerprint density at radius 1 is 1.24 bits per heavy atom. The first-order valence-electron chi connectivity index (χ1n) is 5.13. The maximum Gasteiger partial charge on any atom is 0.326 e. The molecule has 0 saturated heterocycles. The zero-order valence-corrected chi connectivity index (χ0v) is 10.4. The number of sulfonamides is 1. The van der Waals surface area contributed by atoms with E-state index >= 15 is 0 Å². The second-order valence-electron chi connectivity index (χ2n) is 3.89. The minimum atomic E-state index is -3.62. The van der Waals surface area contributed by atoms with Crippen LogP contribution in [-0.2, 0) is 14.8 Å². The highest BCUT2D eigenvalue weighted by Crippen LogP contribution is 2.15. The lowest BCUT2D eigenvalue weighted by Crippen LogP contribution is -2.37. The molecule has 1 aromatic carbocycles. The van der Waals surface area contributed by atoms with Gasteiger partial charge in [0.25, 0.3) is 0 Å². The highest BCUT2D eigenvalue weighted by atomic mass is 32.2. The van der Waals surface area contributed by atoms with Gasteiger partial charge in [-0.05, 0) is 19.4 Å². The van der Waals surface area contributed by atoms with Crippen LogP contribution in [0, 0.1) is 0 Å². The average Bonchev–Trinajstić information content (AvgIpc) is 2.26. The van der Waals surface area contributed by atoms with Gasteiger partial charge in [-0.2, -0.15) is 4.72 Å². The summed E-state index contributed by atoms with van der Waals surface area (Å²) in [7, 11) is -3.62. The predicted molar refractivity (Wildman–Crippen MR) is 64.0 cm³/mol. The molecule has 5 nitrogen and oxygen atoms in total. The summed E-state index contributed by atoms with van der Waals surface area (Å²) in [4.78, 5) is 11.1. The van der Waals surface area contributed by atoms with Crippen LogP contribution < -0.4 is 4.72 Å². The van der Waals surface area contributed by atoms with Gasteiger partial charge in [-0.25, -0.2) is 8.42 Å². The quantitative estimate of drug-likeness (QED) is 0.828. The van der Waals surface area contributed by atoms with E-state index in [0.717, 1.165) is 0 Å². The molecule has 0 spiro atoms. The number of carbonyl (C=O) groups is 1. The van der Waals surface area contributed by atoms with Crippen molar-refractivity contribution in [2.24, 2.45) is 0 Å². The van der Waals surface area contributed by atoms with Crippen molar-refractivity contribution in [2.45, 2.75) is 25.1 Å². The fourth-order valence-electron chi connectivity index (χ4n) is 1.21. The normalized spacial score (nSPS) is 13.6. The molecule has 0 bridgehead atoms. The van der Waals surface area contributed by atoms with E-state index in [1.54, 1.807) is 30.3 Å². The van der Waals surface area contributed by atoms with Crippen molar-refractivity contribution >= 4 is 16.0 Å². The largest absolute Gasteiger partial charge is 0.480 e. The van der Waals surface area contributed by atoms with Crippen LogP contribution in [0.5, 0.6) is 0 Å². The van der Waals surface area contributed by atoms with E-state index in [1.807, 2.05) is 0 Å². The van der Waals surface area contributed by atoms with E-state index in [2.05, 4.69) is 4.72 Å². The number of carboxylic acids is 1. The highest BCUT2D eigenvalue weighted by Gasteiger charge is 2.27. The average molecular weight is 257 g/mol. The maximum atomic E-state index is 11.6. The van der Waals surface area contributed by atoms with Crippen molar-refractivity contribution in [3.8, 4) is 0 Å². The minimum absolute atomic E-state index is 0.407. The molecular formula is C11H15NO4S. The molecule has 1 aromatic rings. The Kier molecular flexibility index (Phi) is 4.25. The summed E-state index contributed by atoms with van der Waals surface area (Å²) in [6.45, 7) is 2.98. The van der Waals surface area contributed by atoms with Crippen LogP contribution >= 0.6 is 0 Å². The van der Waals surface area contributed by atoms with Gasteiger partial charge in [0.15, 0.2) is 0 Å². The van der Waals surface area contributed by atoms with Crippen LogP contribution in [0.3, 0.4) is 0 Å². The first kappa shape index (κ1) is 13.7. The van der Waals surface area contributed by atoms with Crippen molar-refractivity contribution in [3.63, 3.8) is 0 Å². The van der Waals surface area contributed by atoms with Crippen LogP contribution in [0.2, 0.25) is 0 Å². The summed E-state index contributed by atoms with van der Waals surface area (Å²) >= 11 is 0. The van der Waals surface area contributed by atoms with Gasteiger partial charge in [-0.3, -0.25) is 4.79 Å². The third-order valence-electron chi connectivity index (χ3n) is 2.28. The Balaban J connectivity index is 3.02. The van der Waals surface area contributed by atoms with E-state index in [9.17, 15) is 13.2 Å². The van der Waals surface area contributed by atoms with Crippen molar-refractivity contribution in [2.75, 3.05) is 0 Å². The monoisotopic (exact) mass is 257 g/mol. The minimum Gasteiger partial charge on any atom is -0.480 e. The van der Waals surface area contributed by atoms with Gasteiger partial charge in [0.2, 0.25) is 10.0 Å². The molecule has 17 heavy (non-hydrogen) atoms. The van der Waals surface area contributed by atoms with Gasteiger partial charge < -0.3 is 5.11 Å². The molecule has 0 amide bonds. The van der Waals surface area contributed by atoms with Crippen LogP contribution in [0.25, 0.3) is 0 Å². The molecule has 0 radical (unpaired) electrons. The van der Waals surface area contributed by atoms with Gasteiger partial charge >= 0.3 is 5.97 Å². The lowest BCUT2D eigenvalue weighted by molar-refractivity contribution is -0.139. The van der Waals surface area contributed by atoms with Crippen molar-refractivity contribution < 1.29 is 18.3 Å². The predicted octanol–water partition coefficient (Wildman–Crippen LogP) is 1.14. The fraction of sp³-hybridized carbons (Fsp3) is 0.364. The maximum absolute atomic E-state index is 11.6. The lowest BCUT2D eigenvalue weighted by Gasteiger charge is -2.16. The Hall–Kier alpha value is -1.40. The zero-order valence-electron chi connectivity index (χ0n) is 9.62. The molecule has 0 aliphatic heterocycles. The number of rotatable bonds is 5. The zero-order chi connectivity index (χ0) is 13.1. The van der Waals surface area contributed by atoms with Crippen molar-refractivity contribution in [1.29, 1.82) is 0 Å². The van der Waals surface area contributed by atoms with E-state index in [0.29, 0.717) is 5.56 Å². The Morgan fingerprint density at radius 3 is 2.18 bits per heavy atom. The van der Waals surface area contributed by atoms with Crippen LogP contribution in [0.4, 0.5) is 0 Å². The van der Waals surface area contributed by atoms with E-state index in [-0.39, 0.29) is 0 Å². The first-order chi connectivity index (χ1) is 7.84. The van der Waals surface area contributed by atoms with Crippen LogP contribution in [-0.4, -0.2) is 24.7 Å². The Labute approximate surface area is 101 Å². The standard InChI is InChI=1S/C11H15NO4S/c1-8(2)17(15,16)12-10(11(13)14)9-6-4-3-5-7-9/h3-8,10,12H,1-2H3,(H,13,14). The van der Waals surface area contributed by atoms with E-state index in [1.165, 1.54) is 13.8 Å². The molecule has 1 unspecified atom stereocenters. The SMILES string of the molecule is CC(C)S(=O)(=O)NC(C(=O)O)c1ccccc1.